The molecule has 4 heterocycles. The summed E-state index contributed by atoms with van der Waals surface area (Å²) in [4.78, 5) is 12.6. The highest BCUT2D eigenvalue weighted by atomic mass is 15.2. The Labute approximate surface area is 329 Å². The van der Waals surface area contributed by atoms with Crippen molar-refractivity contribution < 1.29 is 0 Å². The molecule has 1 aliphatic carbocycles. The number of fused-ring (bicyclic) bond motifs is 9. The first-order valence-corrected chi connectivity index (χ1v) is 19.6. The lowest BCUT2D eigenvalue weighted by Gasteiger charge is -2.29. The Morgan fingerprint density at radius 1 is 0.439 bits per heavy atom. The summed E-state index contributed by atoms with van der Waals surface area (Å²) in [5.74, 6) is 0.972. The van der Waals surface area contributed by atoms with Crippen molar-refractivity contribution in [3.05, 3.63) is 206 Å². The van der Waals surface area contributed by atoms with E-state index in [1.807, 2.05) is 12.3 Å². The van der Waals surface area contributed by atoms with Crippen LogP contribution in [-0.2, 0) is 0 Å². The highest BCUT2D eigenvalue weighted by Gasteiger charge is 2.37. The summed E-state index contributed by atoms with van der Waals surface area (Å²) in [6.45, 7) is 0. The van der Waals surface area contributed by atoms with Gasteiger partial charge in [-0.3, -0.25) is 0 Å². The van der Waals surface area contributed by atoms with E-state index in [0.29, 0.717) is 5.82 Å². The highest BCUT2D eigenvalue weighted by Crippen LogP contribution is 2.49. The summed E-state index contributed by atoms with van der Waals surface area (Å²) >= 11 is 0. The van der Waals surface area contributed by atoms with Crippen LogP contribution in [-0.4, -0.2) is 25.1 Å². The van der Waals surface area contributed by atoms with E-state index < -0.39 is 0 Å². The summed E-state index contributed by atoms with van der Waals surface area (Å²) in [7, 11) is 0. The minimum atomic E-state index is 0.169. The molecule has 0 radical (unpaired) electrons. The number of hydrogen-bond donors (Lipinski definition) is 0. The number of rotatable bonds is 5. The van der Waals surface area contributed by atoms with Gasteiger partial charge in [-0.25, -0.2) is 9.97 Å². The molecule has 57 heavy (non-hydrogen) atoms. The lowest BCUT2D eigenvalue weighted by molar-refractivity contribution is 0.744. The van der Waals surface area contributed by atoms with Crippen molar-refractivity contribution in [3.8, 4) is 34.0 Å². The Bertz CT molecular complexity index is 3170. The molecule has 7 aromatic carbocycles. The highest BCUT2D eigenvalue weighted by molar-refractivity contribution is 6.10. The summed E-state index contributed by atoms with van der Waals surface area (Å²) in [6.07, 6.45) is 10.9. The lowest BCUT2D eigenvalue weighted by atomic mass is 9.91. The Morgan fingerprint density at radius 3 is 1.63 bits per heavy atom. The van der Waals surface area contributed by atoms with Gasteiger partial charge >= 0.3 is 0 Å². The van der Waals surface area contributed by atoms with Crippen LogP contribution in [0.15, 0.2) is 200 Å². The van der Waals surface area contributed by atoms with Gasteiger partial charge < -0.3 is 14.0 Å². The van der Waals surface area contributed by atoms with Crippen molar-refractivity contribution >= 4 is 55.0 Å². The molecule has 0 saturated carbocycles. The topological polar surface area (TPSA) is 38.9 Å². The normalized spacial score (nSPS) is 15.9. The standard InChI is InChI=1S/C52H35N5/c1-7-19-46-39(13-1)40-14-2-8-20-47(40)55(46)36-27-25-34(26-28-36)52-53-30-29-45(54-52)35-31-37(56-48-21-9-3-15-41(48)42-16-4-10-22-49(42)56)33-38(32-35)57-50-23-11-5-17-43(50)44-18-6-12-24-51(44)57/h1-33,41,48H. The van der Waals surface area contributed by atoms with Crippen molar-refractivity contribution in [1.29, 1.82) is 0 Å². The largest absolute Gasteiger partial charge is 0.333 e. The first kappa shape index (κ1) is 31.8. The van der Waals surface area contributed by atoms with E-state index in [-0.39, 0.29) is 12.0 Å². The fraction of sp³-hybridized carbons (Fsp3) is 0.0385. The zero-order chi connectivity index (χ0) is 37.5. The van der Waals surface area contributed by atoms with Crippen LogP contribution >= 0.6 is 0 Å². The molecule has 3 aromatic heterocycles. The fourth-order valence-corrected chi connectivity index (χ4v) is 9.42. The third-order valence-electron chi connectivity index (χ3n) is 11.9. The molecule has 5 nitrogen and oxygen atoms in total. The van der Waals surface area contributed by atoms with Crippen molar-refractivity contribution in [2.75, 3.05) is 4.90 Å². The van der Waals surface area contributed by atoms with Crippen LogP contribution in [0.1, 0.15) is 11.5 Å². The Balaban J connectivity index is 1.01. The molecule has 1 aliphatic heterocycles. The van der Waals surface area contributed by atoms with Crippen LogP contribution in [0.25, 0.3) is 77.6 Å². The number of para-hydroxylation sites is 5. The molecule has 10 aromatic rings. The number of hydrogen-bond acceptors (Lipinski definition) is 3. The minimum absolute atomic E-state index is 0.169. The third-order valence-corrected chi connectivity index (χ3v) is 11.9. The zero-order valence-corrected chi connectivity index (χ0v) is 30.9. The van der Waals surface area contributed by atoms with Crippen LogP contribution in [0.4, 0.5) is 11.4 Å². The second-order valence-electron chi connectivity index (χ2n) is 15.0. The van der Waals surface area contributed by atoms with Gasteiger partial charge in [0.1, 0.15) is 0 Å². The Hall–Kier alpha value is -7.50. The molecular formula is C52H35N5. The first-order valence-electron chi connectivity index (χ1n) is 19.6. The molecule has 0 saturated heterocycles. The van der Waals surface area contributed by atoms with E-state index in [9.17, 15) is 0 Å². The quantitative estimate of drug-likeness (QED) is 0.177. The van der Waals surface area contributed by atoms with Crippen molar-refractivity contribution in [2.45, 2.75) is 12.0 Å². The van der Waals surface area contributed by atoms with Gasteiger partial charge in [0.05, 0.1) is 33.8 Å². The lowest BCUT2D eigenvalue weighted by Crippen LogP contribution is -2.28. The number of aromatic nitrogens is 4. The number of nitrogens with zero attached hydrogens (tertiary/aromatic N) is 5. The first-order chi connectivity index (χ1) is 28.3. The maximum absolute atomic E-state index is 5.28. The van der Waals surface area contributed by atoms with E-state index in [2.05, 4.69) is 202 Å². The summed E-state index contributed by atoms with van der Waals surface area (Å²) in [6, 6.07) is 61.3. The van der Waals surface area contributed by atoms with Crippen molar-refractivity contribution in [3.63, 3.8) is 0 Å². The second-order valence-corrected chi connectivity index (χ2v) is 15.0. The fourth-order valence-electron chi connectivity index (χ4n) is 9.42. The minimum Gasteiger partial charge on any atom is -0.333 e. The Morgan fingerprint density at radius 2 is 0.982 bits per heavy atom. The van der Waals surface area contributed by atoms with Gasteiger partial charge in [-0.05, 0) is 84.4 Å². The molecule has 12 rings (SSSR count). The van der Waals surface area contributed by atoms with Crippen LogP contribution in [0.3, 0.4) is 0 Å². The molecule has 0 bridgehead atoms. The third kappa shape index (κ3) is 4.89. The van der Waals surface area contributed by atoms with Gasteiger partial charge in [-0.1, -0.05) is 115 Å². The molecule has 0 N–H and O–H groups in total. The molecule has 2 atom stereocenters. The van der Waals surface area contributed by atoms with Crippen LogP contribution in [0.5, 0.6) is 0 Å². The average Bonchev–Trinajstić information content (AvgIpc) is 3.92. The average molecular weight is 730 g/mol. The van der Waals surface area contributed by atoms with E-state index in [0.717, 1.165) is 33.9 Å². The van der Waals surface area contributed by atoms with Gasteiger partial charge in [0.15, 0.2) is 5.82 Å². The summed E-state index contributed by atoms with van der Waals surface area (Å²) in [5.41, 5.74) is 13.5. The number of benzene rings is 7. The molecule has 5 heteroatoms. The predicted molar refractivity (Wildman–Crippen MR) is 235 cm³/mol. The SMILES string of the molecule is C1=CC2c3ccccc3N(c3cc(-c4ccnc(-c5ccc(-n6c7ccccc7c7ccccc76)cc5)n4)cc(-n4c5ccccc5c5ccccc54)c3)C2C=C1. The van der Waals surface area contributed by atoms with E-state index in [4.69, 9.17) is 9.97 Å². The van der Waals surface area contributed by atoms with Gasteiger partial charge in [-0.2, -0.15) is 0 Å². The number of allylic oxidation sites excluding steroid dienone is 2. The molecule has 0 spiro atoms. The van der Waals surface area contributed by atoms with Gasteiger partial charge in [-0.15, -0.1) is 0 Å². The maximum atomic E-state index is 5.28. The van der Waals surface area contributed by atoms with Crippen molar-refractivity contribution in [1.82, 2.24) is 19.1 Å². The monoisotopic (exact) mass is 729 g/mol. The second kappa shape index (κ2) is 12.5. The van der Waals surface area contributed by atoms with E-state index in [1.165, 1.54) is 54.9 Å². The molecular weight excluding hydrogens is 695 g/mol. The van der Waals surface area contributed by atoms with Crippen molar-refractivity contribution in [2.24, 2.45) is 0 Å². The summed E-state index contributed by atoms with van der Waals surface area (Å²) in [5, 5.41) is 4.97. The molecule has 0 amide bonds. The molecule has 2 unspecified atom stereocenters. The van der Waals surface area contributed by atoms with Crippen LogP contribution in [0, 0.1) is 0 Å². The summed E-state index contributed by atoms with van der Waals surface area (Å²) < 4.78 is 4.75. The molecule has 0 fully saturated rings. The molecule has 268 valence electrons. The van der Waals surface area contributed by atoms with Crippen LogP contribution in [0.2, 0.25) is 0 Å². The predicted octanol–water partition coefficient (Wildman–Crippen LogP) is 12.7. The van der Waals surface area contributed by atoms with E-state index >= 15 is 0 Å². The number of anilines is 2. The Kier molecular flexibility index (Phi) is 6.99. The van der Waals surface area contributed by atoms with E-state index in [1.54, 1.807) is 0 Å². The van der Waals surface area contributed by atoms with Crippen LogP contribution < -0.4 is 4.90 Å². The maximum Gasteiger partial charge on any atom is 0.159 e. The smallest absolute Gasteiger partial charge is 0.159 e. The zero-order valence-electron chi connectivity index (χ0n) is 30.9. The van der Waals surface area contributed by atoms with Gasteiger partial charge in [0.2, 0.25) is 0 Å². The molecule has 2 aliphatic rings. The van der Waals surface area contributed by atoms with Gasteiger partial charge in [0.25, 0.3) is 0 Å². The van der Waals surface area contributed by atoms with Gasteiger partial charge in [0, 0.05) is 67.5 Å².